The average Bonchev–Trinajstić information content (AvgIpc) is 2.07. The highest BCUT2D eigenvalue weighted by Crippen LogP contribution is 2.28. The summed E-state index contributed by atoms with van der Waals surface area (Å²) < 4.78 is 0. The maximum absolute atomic E-state index is 11.2. The Balaban J connectivity index is 2.56. The lowest BCUT2D eigenvalue weighted by atomic mass is 9.82. The Bertz CT molecular complexity index is 198. The lowest BCUT2D eigenvalue weighted by Crippen LogP contribution is -2.47. The van der Waals surface area contributed by atoms with E-state index in [-0.39, 0.29) is 18.1 Å². The first kappa shape index (κ1) is 11.5. The number of hydrogen-bond acceptors (Lipinski definition) is 3. The quantitative estimate of drug-likeness (QED) is 0.671. The monoisotopic (exact) mass is 200 g/mol. The molecular formula is C10H20N2O2. The molecule has 0 aromatic carbocycles. The van der Waals surface area contributed by atoms with Crippen LogP contribution in [0.1, 0.15) is 25.7 Å². The van der Waals surface area contributed by atoms with Crippen molar-refractivity contribution in [3.63, 3.8) is 0 Å². The molecule has 1 amide bonds. The fourth-order valence-electron chi connectivity index (χ4n) is 2.33. The molecule has 1 aliphatic rings. The molecule has 0 heterocycles. The fourth-order valence-corrected chi connectivity index (χ4v) is 2.33. The number of nitrogens with two attached hydrogens (primary N) is 1. The predicted molar refractivity (Wildman–Crippen MR) is 54.6 cm³/mol. The van der Waals surface area contributed by atoms with Crippen LogP contribution in [-0.2, 0) is 4.79 Å². The molecule has 0 aliphatic heterocycles. The van der Waals surface area contributed by atoms with E-state index in [2.05, 4.69) is 0 Å². The predicted octanol–water partition coefficient (Wildman–Crippen LogP) is -0.0470. The highest BCUT2D eigenvalue weighted by molar-refractivity contribution is 5.80. The maximum atomic E-state index is 11.2. The SMILES string of the molecule is CN(C)C(C(N)=O)C1CCC(O)CC1. The second-order valence-corrected chi connectivity index (χ2v) is 4.38. The number of primary amides is 1. The van der Waals surface area contributed by atoms with Gasteiger partial charge in [-0.05, 0) is 45.7 Å². The zero-order valence-electron chi connectivity index (χ0n) is 8.94. The number of aliphatic hydroxyl groups is 1. The Morgan fingerprint density at radius 2 is 1.86 bits per heavy atom. The van der Waals surface area contributed by atoms with E-state index in [1.165, 1.54) is 0 Å². The third-order valence-electron chi connectivity index (χ3n) is 3.04. The van der Waals surface area contributed by atoms with Crippen molar-refractivity contribution in [3.8, 4) is 0 Å². The summed E-state index contributed by atoms with van der Waals surface area (Å²) in [6.45, 7) is 0. The topological polar surface area (TPSA) is 66.6 Å². The molecule has 1 fully saturated rings. The average molecular weight is 200 g/mol. The summed E-state index contributed by atoms with van der Waals surface area (Å²) in [5.74, 6) is 0.0577. The van der Waals surface area contributed by atoms with Crippen molar-refractivity contribution >= 4 is 5.91 Å². The van der Waals surface area contributed by atoms with Gasteiger partial charge in [0.2, 0.25) is 5.91 Å². The summed E-state index contributed by atoms with van der Waals surface area (Å²) in [6, 6.07) is -0.178. The molecule has 82 valence electrons. The third kappa shape index (κ3) is 2.69. The number of amides is 1. The molecule has 1 saturated carbocycles. The molecular weight excluding hydrogens is 180 g/mol. The molecule has 0 aromatic heterocycles. The highest BCUT2D eigenvalue weighted by Gasteiger charge is 2.31. The number of nitrogens with zero attached hydrogens (tertiary/aromatic N) is 1. The third-order valence-corrected chi connectivity index (χ3v) is 3.04. The van der Waals surface area contributed by atoms with E-state index >= 15 is 0 Å². The number of hydrogen-bond donors (Lipinski definition) is 2. The van der Waals surface area contributed by atoms with Crippen LogP contribution in [0.3, 0.4) is 0 Å². The largest absolute Gasteiger partial charge is 0.393 e. The first-order chi connectivity index (χ1) is 6.52. The summed E-state index contributed by atoms with van der Waals surface area (Å²) in [5.41, 5.74) is 5.36. The van der Waals surface area contributed by atoms with E-state index in [1.54, 1.807) is 0 Å². The summed E-state index contributed by atoms with van der Waals surface area (Å²) >= 11 is 0. The molecule has 1 rings (SSSR count). The van der Waals surface area contributed by atoms with Crippen molar-refractivity contribution in [1.29, 1.82) is 0 Å². The molecule has 1 aliphatic carbocycles. The molecule has 0 aromatic rings. The zero-order valence-corrected chi connectivity index (χ0v) is 8.94. The van der Waals surface area contributed by atoms with Gasteiger partial charge < -0.3 is 10.8 Å². The molecule has 0 bridgehead atoms. The lowest BCUT2D eigenvalue weighted by molar-refractivity contribution is -0.124. The fraction of sp³-hybridized carbons (Fsp3) is 0.900. The van der Waals surface area contributed by atoms with E-state index in [1.807, 2.05) is 19.0 Å². The van der Waals surface area contributed by atoms with Gasteiger partial charge in [0.25, 0.3) is 0 Å². The van der Waals surface area contributed by atoms with Crippen LogP contribution in [0.5, 0.6) is 0 Å². The van der Waals surface area contributed by atoms with Crippen molar-refractivity contribution in [2.45, 2.75) is 37.8 Å². The zero-order chi connectivity index (χ0) is 10.7. The Hall–Kier alpha value is -0.610. The van der Waals surface area contributed by atoms with Gasteiger partial charge in [-0.3, -0.25) is 9.69 Å². The van der Waals surface area contributed by atoms with Gasteiger partial charge in [0.05, 0.1) is 12.1 Å². The minimum Gasteiger partial charge on any atom is -0.393 e. The van der Waals surface area contributed by atoms with Crippen LogP contribution in [0.25, 0.3) is 0 Å². The van der Waals surface area contributed by atoms with Gasteiger partial charge in [-0.15, -0.1) is 0 Å². The van der Waals surface area contributed by atoms with Gasteiger partial charge in [-0.25, -0.2) is 0 Å². The standard InChI is InChI=1S/C10H20N2O2/c1-12(2)9(10(11)14)7-3-5-8(13)6-4-7/h7-9,13H,3-6H2,1-2H3,(H2,11,14). The number of aliphatic hydroxyl groups excluding tert-OH is 1. The molecule has 0 spiro atoms. The normalized spacial score (nSPS) is 30.3. The first-order valence-electron chi connectivity index (χ1n) is 5.16. The van der Waals surface area contributed by atoms with E-state index in [9.17, 15) is 9.90 Å². The summed E-state index contributed by atoms with van der Waals surface area (Å²) in [4.78, 5) is 13.1. The minimum atomic E-state index is -0.253. The van der Waals surface area contributed by atoms with Gasteiger partial charge >= 0.3 is 0 Å². The van der Waals surface area contributed by atoms with E-state index in [4.69, 9.17) is 5.73 Å². The van der Waals surface area contributed by atoms with Crippen LogP contribution < -0.4 is 5.73 Å². The molecule has 1 unspecified atom stereocenters. The Labute approximate surface area is 85.1 Å². The molecule has 4 nitrogen and oxygen atoms in total. The Morgan fingerprint density at radius 1 is 1.36 bits per heavy atom. The van der Waals surface area contributed by atoms with Crippen LogP contribution in [-0.4, -0.2) is 42.2 Å². The Kier molecular flexibility index (Phi) is 3.89. The van der Waals surface area contributed by atoms with Crippen molar-refractivity contribution in [1.82, 2.24) is 4.90 Å². The number of likely N-dealkylation sites (N-methyl/N-ethyl adjacent to an activating group) is 1. The molecule has 4 heteroatoms. The first-order valence-corrected chi connectivity index (χ1v) is 5.16. The molecule has 0 radical (unpaired) electrons. The van der Waals surface area contributed by atoms with Crippen molar-refractivity contribution < 1.29 is 9.90 Å². The van der Waals surface area contributed by atoms with E-state index < -0.39 is 0 Å². The number of rotatable bonds is 3. The number of carbonyl (C=O) groups excluding carboxylic acids is 1. The van der Waals surface area contributed by atoms with Crippen LogP contribution in [0.2, 0.25) is 0 Å². The summed E-state index contributed by atoms with van der Waals surface area (Å²) in [5, 5.41) is 9.36. The van der Waals surface area contributed by atoms with Crippen LogP contribution in [0.15, 0.2) is 0 Å². The second-order valence-electron chi connectivity index (χ2n) is 4.38. The van der Waals surface area contributed by atoms with Crippen LogP contribution >= 0.6 is 0 Å². The van der Waals surface area contributed by atoms with Crippen molar-refractivity contribution in [3.05, 3.63) is 0 Å². The van der Waals surface area contributed by atoms with Crippen molar-refractivity contribution in [2.75, 3.05) is 14.1 Å². The smallest absolute Gasteiger partial charge is 0.235 e. The number of carbonyl (C=O) groups is 1. The van der Waals surface area contributed by atoms with Crippen molar-refractivity contribution in [2.24, 2.45) is 11.7 Å². The van der Waals surface area contributed by atoms with Crippen LogP contribution in [0, 0.1) is 5.92 Å². The summed E-state index contributed by atoms with van der Waals surface area (Å²) in [6.07, 6.45) is 3.20. The molecule has 3 N–H and O–H groups in total. The van der Waals surface area contributed by atoms with Crippen LogP contribution in [0.4, 0.5) is 0 Å². The highest BCUT2D eigenvalue weighted by atomic mass is 16.3. The summed E-state index contributed by atoms with van der Waals surface area (Å²) in [7, 11) is 3.75. The van der Waals surface area contributed by atoms with E-state index in [0.717, 1.165) is 25.7 Å². The molecule has 0 saturated heterocycles. The lowest BCUT2D eigenvalue weighted by Gasteiger charge is -2.33. The van der Waals surface area contributed by atoms with Gasteiger partial charge in [0.15, 0.2) is 0 Å². The van der Waals surface area contributed by atoms with Gasteiger partial charge in [-0.1, -0.05) is 0 Å². The second kappa shape index (κ2) is 4.75. The van der Waals surface area contributed by atoms with E-state index in [0.29, 0.717) is 5.92 Å². The van der Waals surface area contributed by atoms with Gasteiger partial charge in [0.1, 0.15) is 0 Å². The molecule has 1 atom stereocenters. The minimum absolute atomic E-state index is 0.178. The Morgan fingerprint density at radius 3 is 2.21 bits per heavy atom. The van der Waals surface area contributed by atoms with Gasteiger partial charge in [-0.2, -0.15) is 0 Å². The van der Waals surface area contributed by atoms with Gasteiger partial charge in [0, 0.05) is 0 Å². The maximum Gasteiger partial charge on any atom is 0.235 e. The molecule has 14 heavy (non-hydrogen) atoms.